The highest BCUT2D eigenvalue weighted by atomic mass is 32.2. The number of hydrogen-bond donors (Lipinski definition) is 2. The van der Waals surface area contributed by atoms with Crippen molar-refractivity contribution in [1.29, 1.82) is 0 Å². The molecule has 5 nitrogen and oxygen atoms in total. The zero-order valence-corrected chi connectivity index (χ0v) is 9.44. The smallest absolute Gasteiger partial charge is 0.203 e. The second kappa shape index (κ2) is 3.95. The van der Waals surface area contributed by atoms with Crippen LogP contribution >= 0.6 is 11.8 Å². The number of pyridine rings is 1. The van der Waals surface area contributed by atoms with Crippen LogP contribution in [0.2, 0.25) is 0 Å². The molecule has 2 aromatic heterocycles. The Balaban J connectivity index is 2.06. The molecule has 0 aromatic carbocycles. The van der Waals surface area contributed by atoms with Crippen LogP contribution in [-0.4, -0.2) is 37.8 Å². The SMILES string of the molecule is Oc1cccn2c(C3CSCCN3)nnc12. The minimum absolute atomic E-state index is 0.171. The summed E-state index contributed by atoms with van der Waals surface area (Å²) >= 11 is 1.91. The predicted molar refractivity (Wildman–Crippen MR) is 62.7 cm³/mol. The van der Waals surface area contributed by atoms with Gasteiger partial charge in [0.25, 0.3) is 0 Å². The summed E-state index contributed by atoms with van der Waals surface area (Å²) in [5.74, 6) is 3.18. The summed E-state index contributed by atoms with van der Waals surface area (Å²) in [6.07, 6.45) is 1.88. The lowest BCUT2D eigenvalue weighted by Gasteiger charge is -2.21. The van der Waals surface area contributed by atoms with Crippen molar-refractivity contribution in [2.24, 2.45) is 0 Å². The molecule has 84 valence electrons. The van der Waals surface area contributed by atoms with Crippen molar-refractivity contribution >= 4 is 17.4 Å². The fraction of sp³-hybridized carbons (Fsp3) is 0.400. The molecule has 0 spiro atoms. The van der Waals surface area contributed by atoms with Crippen molar-refractivity contribution in [2.45, 2.75) is 6.04 Å². The monoisotopic (exact) mass is 236 g/mol. The van der Waals surface area contributed by atoms with Gasteiger partial charge in [0.15, 0.2) is 11.6 Å². The van der Waals surface area contributed by atoms with Crippen molar-refractivity contribution in [3.63, 3.8) is 0 Å². The topological polar surface area (TPSA) is 62.5 Å². The molecule has 0 saturated carbocycles. The van der Waals surface area contributed by atoms with Crippen LogP contribution in [0.15, 0.2) is 18.3 Å². The minimum Gasteiger partial charge on any atom is -0.504 e. The highest BCUT2D eigenvalue weighted by molar-refractivity contribution is 7.99. The molecule has 2 aromatic rings. The molecule has 3 heterocycles. The third kappa shape index (κ3) is 1.54. The summed E-state index contributed by atoms with van der Waals surface area (Å²) in [6.45, 7) is 0.989. The molecule has 0 aliphatic carbocycles. The molecule has 1 unspecified atom stereocenters. The van der Waals surface area contributed by atoms with Crippen LogP contribution in [0.5, 0.6) is 5.75 Å². The van der Waals surface area contributed by atoms with E-state index < -0.39 is 0 Å². The molecule has 1 atom stereocenters. The molecule has 1 fully saturated rings. The summed E-state index contributed by atoms with van der Waals surface area (Å²) in [5, 5.41) is 21.2. The minimum atomic E-state index is 0.171. The van der Waals surface area contributed by atoms with Gasteiger partial charge in [0, 0.05) is 24.2 Å². The van der Waals surface area contributed by atoms with Gasteiger partial charge >= 0.3 is 0 Å². The summed E-state index contributed by atoms with van der Waals surface area (Å²) in [5.41, 5.74) is 0.523. The molecule has 2 N–H and O–H groups in total. The van der Waals surface area contributed by atoms with Gasteiger partial charge in [-0.15, -0.1) is 10.2 Å². The van der Waals surface area contributed by atoms with Crippen molar-refractivity contribution in [1.82, 2.24) is 19.9 Å². The summed E-state index contributed by atoms with van der Waals surface area (Å²) in [7, 11) is 0. The maximum Gasteiger partial charge on any atom is 0.203 e. The number of rotatable bonds is 1. The molecule has 1 aliphatic heterocycles. The van der Waals surface area contributed by atoms with E-state index in [4.69, 9.17) is 0 Å². The van der Waals surface area contributed by atoms with Crippen molar-refractivity contribution in [3.8, 4) is 5.75 Å². The first-order valence-electron chi connectivity index (χ1n) is 5.20. The fourth-order valence-corrected chi connectivity index (χ4v) is 2.82. The van der Waals surface area contributed by atoms with E-state index in [1.165, 1.54) is 0 Å². The zero-order valence-electron chi connectivity index (χ0n) is 8.63. The molecule has 0 bridgehead atoms. The quantitative estimate of drug-likeness (QED) is 0.767. The van der Waals surface area contributed by atoms with E-state index in [9.17, 15) is 5.11 Å². The van der Waals surface area contributed by atoms with Gasteiger partial charge in [-0.05, 0) is 12.1 Å². The predicted octanol–water partition coefficient (Wildman–Crippen LogP) is 0.812. The number of fused-ring (bicyclic) bond motifs is 1. The van der Waals surface area contributed by atoms with Gasteiger partial charge in [-0.25, -0.2) is 0 Å². The molecule has 0 amide bonds. The highest BCUT2D eigenvalue weighted by Crippen LogP contribution is 2.23. The third-order valence-electron chi connectivity index (χ3n) is 2.67. The molecule has 3 rings (SSSR count). The van der Waals surface area contributed by atoms with Crippen LogP contribution in [-0.2, 0) is 0 Å². The number of nitrogens with one attached hydrogen (secondary N) is 1. The molecule has 16 heavy (non-hydrogen) atoms. The second-order valence-electron chi connectivity index (χ2n) is 3.73. The van der Waals surface area contributed by atoms with Crippen LogP contribution in [0.3, 0.4) is 0 Å². The lowest BCUT2D eigenvalue weighted by molar-refractivity contribution is 0.477. The molecule has 0 radical (unpaired) electrons. The Bertz CT molecular complexity index is 506. The third-order valence-corrected chi connectivity index (χ3v) is 3.74. The number of aromatic nitrogens is 3. The molecule has 1 saturated heterocycles. The second-order valence-corrected chi connectivity index (χ2v) is 4.88. The van der Waals surface area contributed by atoms with Gasteiger partial charge in [-0.2, -0.15) is 11.8 Å². The average Bonchev–Trinajstić information content (AvgIpc) is 2.75. The first-order chi connectivity index (χ1) is 7.86. The Kier molecular flexibility index (Phi) is 2.45. The van der Waals surface area contributed by atoms with E-state index in [1.807, 2.05) is 22.4 Å². The first kappa shape index (κ1) is 9.92. The van der Waals surface area contributed by atoms with E-state index in [0.29, 0.717) is 5.65 Å². The van der Waals surface area contributed by atoms with Gasteiger partial charge in [0.1, 0.15) is 0 Å². The zero-order chi connectivity index (χ0) is 11.0. The highest BCUT2D eigenvalue weighted by Gasteiger charge is 2.21. The van der Waals surface area contributed by atoms with E-state index in [2.05, 4.69) is 15.5 Å². The summed E-state index contributed by atoms with van der Waals surface area (Å²) in [4.78, 5) is 0. The maximum atomic E-state index is 9.63. The van der Waals surface area contributed by atoms with Crippen LogP contribution in [0, 0.1) is 0 Å². The Morgan fingerprint density at radius 3 is 3.25 bits per heavy atom. The van der Waals surface area contributed by atoms with Crippen molar-refractivity contribution < 1.29 is 5.11 Å². The van der Waals surface area contributed by atoms with E-state index in [-0.39, 0.29) is 11.8 Å². The van der Waals surface area contributed by atoms with Gasteiger partial charge < -0.3 is 10.4 Å². The first-order valence-corrected chi connectivity index (χ1v) is 6.35. The Morgan fingerprint density at radius 2 is 2.44 bits per heavy atom. The average molecular weight is 236 g/mol. The normalized spacial score (nSPS) is 21.4. The van der Waals surface area contributed by atoms with Gasteiger partial charge in [-0.1, -0.05) is 0 Å². The largest absolute Gasteiger partial charge is 0.504 e. The number of aromatic hydroxyl groups is 1. The Labute approximate surface area is 96.9 Å². The molecular weight excluding hydrogens is 224 g/mol. The van der Waals surface area contributed by atoms with Gasteiger partial charge in [0.2, 0.25) is 5.65 Å². The summed E-state index contributed by atoms with van der Waals surface area (Å²) in [6, 6.07) is 3.64. The maximum absolute atomic E-state index is 9.63. The Morgan fingerprint density at radius 1 is 1.50 bits per heavy atom. The Hall–Kier alpha value is -1.27. The lowest BCUT2D eigenvalue weighted by atomic mass is 10.3. The number of nitrogens with zero attached hydrogens (tertiary/aromatic N) is 3. The van der Waals surface area contributed by atoms with Crippen LogP contribution in [0.4, 0.5) is 0 Å². The number of thioether (sulfide) groups is 1. The van der Waals surface area contributed by atoms with Crippen molar-refractivity contribution in [2.75, 3.05) is 18.1 Å². The standard InChI is InChI=1S/C10H12N4OS/c15-8-2-1-4-14-9(12-13-10(8)14)7-6-16-5-3-11-7/h1-2,4,7,11,15H,3,5-6H2. The van der Waals surface area contributed by atoms with Gasteiger partial charge in [0.05, 0.1) is 6.04 Å². The van der Waals surface area contributed by atoms with Crippen LogP contribution in [0.25, 0.3) is 5.65 Å². The van der Waals surface area contributed by atoms with Crippen molar-refractivity contribution in [3.05, 3.63) is 24.2 Å². The van der Waals surface area contributed by atoms with Crippen LogP contribution < -0.4 is 5.32 Å². The lowest BCUT2D eigenvalue weighted by Crippen LogP contribution is -2.31. The van der Waals surface area contributed by atoms with Crippen LogP contribution in [0.1, 0.15) is 11.9 Å². The van der Waals surface area contributed by atoms with Gasteiger partial charge in [-0.3, -0.25) is 4.40 Å². The fourth-order valence-electron chi connectivity index (χ4n) is 1.89. The number of hydrogen-bond acceptors (Lipinski definition) is 5. The molecular formula is C10H12N4OS. The molecule has 6 heteroatoms. The molecule has 1 aliphatic rings. The van der Waals surface area contributed by atoms with E-state index >= 15 is 0 Å². The van der Waals surface area contributed by atoms with E-state index in [1.54, 1.807) is 12.1 Å². The van der Waals surface area contributed by atoms with E-state index in [0.717, 1.165) is 23.9 Å². The summed E-state index contributed by atoms with van der Waals surface area (Å²) < 4.78 is 1.85.